The van der Waals surface area contributed by atoms with Gasteiger partial charge in [0.2, 0.25) is 0 Å². The zero-order valence-electron chi connectivity index (χ0n) is 12.8. The second kappa shape index (κ2) is 8.81. The number of benzene rings is 1. The molecule has 3 heteroatoms. The number of nitrogens with zero attached hydrogens (tertiary/aromatic N) is 1. The predicted octanol–water partition coefficient (Wildman–Crippen LogP) is 3.30. The Kier molecular flexibility index (Phi) is 7.34. The molecule has 19 heavy (non-hydrogen) atoms. The van der Waals surface area contributed by atoms with Crippen LogP contribution in [0, 0.1) is 0 Å². The standard InChI is InChI=1S/C16H28N2O/c1-5-12-17-14(2)7-6-13-18(3)15-8-10-16(19-4)11-9-15/h8-11,14,17H,5-7,12-13H2,1-4H3. The molecule has 1 aromatic rings. The summed E-state index contributed by atoms with van der Waals surface area (Å²) in [6.07, 6.45) is 3.64. The van der Waals surface area contributed by atoms with Crippen molar-refractivity contribution >= 4 is 5.69 Å². The van der Waals surface area contributed by atoms with E-state index in [2.05, 4.69) is 43.2 Å². The fourth-order valence-corrected chi connectivity index (χ4v) is 2.09. The maximum atomic E-state index is 5.17. The Morgan fingerprint density at radius 2 is 1.95 bits per heavy atom. The Labute approximate surface area is 118 Å². The molecule has 0 saturated carbocycles. The van der Waals surface area contributed by atoms with Crippen molar-refractivity contribution < 1.29 is 4.74 Å². The Morgan fingerprint density at radius 3 is 2.53 bits per heavy atom. The van der Waals surface area contributed by atoms with Gasteiger partial charge in [-0.15, -0.1) is 0 Å². The number of nitrogens with one attached hydrogen (secondary N) is 1. The highest BCUT2D eigenvalue weighted by molar-refractivity contribution is 5.48. The molecule has 1 aromatic carbocycles. The molecular formula is C16H28N2O. The highest BCUT2D eigenvalue weighted by Crippen LogP contribution is 2.18. The van der Waals surface area contributed by atoms with Crippen LogP contribution in [0.3, 0.4) is 0 Å². The lowest BCUT2D eigenvalue weighted by Gasteiger charge is -2.21. The minimum absolute atomic E-state index is 0.615. The molecular weight excluding hydrogens is 236 g/mol. The van der Waals surface area contributed by atoms with Gasteiger partial charge in [-0.25, -0.2) is 0 Å². The van der Waals surface area contributed by atoms with Crippen molar-refractivity contribution in [3.8, 4) is 5.75 Å². The number of methoxy groups -OCH3 is 1. The summed E-state index contributed by atoms with van der Waals surface area (Å²) < 4.78 is 5.17. The molecule has 0 fully saturated rings. The molecule has 0 bridgehead atoms. The average Bonchev–Trinajstić information content (AvgIpc) is 2.45. The number of hydrogen-bond acceptors (Lipinski definition) is 3. The van der Waals surface area contributed by atoms with E-state index in [-0.39, 0.29) is 0 Å². The van der Waals surface area contributed by atoms with Gasteiger partial charge in [0.05, 0.1) is 7.11 Å². The molecule has 0 amide bonds. The molecule has 3 nitrogen and oxygen atoms in total. The van der Waals surface area contributed by atoms with Crippen LogP contribution < -0.4 is 15.0 Å². The van der Waals surface area contributed by atoms with Crippen molar-refractivity contribution in [2.75, 3.05) is 32.1 Å². The largest absolute Gasteiger partial charge is 0.497 e. The van der Waals surface area contributed by atoms with Crippen molar-refractivity contribution in [2.24, 2.45) is 0 Å². The molecule has 0 aliphatic heterocycles. The summed E-state index contributed by atoms with van der Waals surface area (Å²) in [4.78, 5) is 2.30. The number of rotatable bonds is 9. The van der Waals surface area contributed by atoms with Gasteiger partial charge in [-0.1, -0.05) is 6.92 Å². The highest BCUT2D eigenvalue weighted by Gasteiger charge is 2.04. The van der Waals surface area contributed by atoms with E-state index < -0.39 is 0 Å². The van der Waals surface area contributed by atoms with E-state index >= 15 is 0 Å². The van der Waals surface area contributed by atoms with Crippen LogP contribution in [-0.4, -0.2) is 33.3 Å². The summed E-state index contributed by atoms with van der Waals surface area (Å²) in [5.74, 6) is 0.912. The highest BCUT2D eigenvalue weighted by atomic mass is 16.5. The van der Waals surface area contributed by atoms with E-state index in [1.165, 1.54) is 24.9 Å². The van der Waals surface area contributed by atoms with Crippen LogP contribution in [0.4, 0.5) is 5.69 Å². The minimum atomic E-state index is 0.615. The molecule has 0 spiro atoms. The van der Waals surface area contributed by atoms with Gasteiger partial charge in [0, 0.05) is 25.3 Å². The molecule has 1 N–H and O–H groups in total. The zero-order valence-corrected chi connectivity index (χ0v) is 12.8. The third-order valence-electron chi connectivity index (χ3n) is 3.39. The third kappa shape index (κ3) is 5.97. The van der Waals surface area contributed by atoms with E-state index in [1.807, 2.05) is 12.1 Å². The lowest BCUT2D eigenvalue weighted by atomic mass is 10.1. The van der Waals surface area contributed by atoms with Crippen LogP contribution in [0.15, 0.2) is 24.3 Å². The van der Waals surface area contributed by atoms with Crippen molar-refractivity contribution in [3.63, 3.8) is 0 Å². The zero-order chi connectivity index (χ0) is 14.1. The predicted molar refractivity (Wildman–Crippen MR) is 83.3 cm³/mol. The molecule has 1 atom stereocenters. The van der Waals surface area contributed by atoms with E-state index in [1.54, 1.807) is 7.11 Å². The molecule has 0 aliphatic rings. The van der Waals surface area contributed by atoms with Gasteiger partial charge in [0.25, 0.3) is 0 Å². The summed E-state index contributed by atoms with van der Waals surface area (Å²) >= 11 is 0. The summed E-state index contributed by atoms with van der Waals surface area (Å²) in [7, 11) is 3.84. The molecule has 0 aliphatic carbocycles. The monoisotopic (exact) mass is 264 g/mol. The van der Waals surface area contributed by atoms with Crippen LogP contribution >= 0.6 is 0 Å². The van der Waals surface area contributed by atoms with Gasteiger partial charge >= 0.3 is 0 Å². The molecule has 1 rings (SSSR count). The number of hydrogen-bond donors (Lipinski definition) is 1. The smallest absolute Gasteiger partial charge is 0.119 e. The van der Waals surface area contributed by atoms with Crippen LogP contribution in [0.25, 0.3) is 0 Å². The first-order valence-corrected chi connectivity index (χ1v) is 7.26. The first kappa shape index (κ1) is 15.8. The van der Waals surface area contributed by atoms with Crippen LogP contribution in [0.1, 0.15) is 33.1 Å². The topological polar surface area (TPSA) is 24.5 Å². The minimum Gasteiger partial charge on any atom is -0.497 e. The van der Waals surface area contributed by atoms with Crippen molar-refractivity contribution in [3.05, 3.63) is 24.3 Å². The molecule has 108 valence electrons. The van der Waals surface area contributed by atoms with Crippen molar-refractivity contribution in [1.29, 1.82) is 0 Å². The maximum absolute atomic E-state index is 5.17. The fourth-order valence-electron chi connectivity index (χ4n) is 2.09. The summed E-state index contributed by atoms with van der Waals surface area (Å²) in [6, 6.07) is 8.85. The van der Waals surface area contributed by atoms with Gasteiger partial charge < -0.3 is 15.0 Å². The van der Waals surface area contributed by atoms with Gasteiger partial charge in [-0.05, 0) is 57.0 Å². The Morgan fingerprint density at radius 1 is 1.26 bits per heavy atom. The van der Waals surface area contributed by atoms with Gasteiger partial charge in [-0.3, -0.25) is 0 Å². The Hall–Kier alpha value is -1.22. The van der Waals surface area contributed by atoms with E-state index in [9.17, 15) is 0 Å². The second-order valence-electron chi connectivity index (χ2n) is 5.12. The lowest BCUT2D eigenvalue weighted by Crippen LogP contribution is -2.28. The van der Waals surface area contributed by atoms with Gasteiger partial charge in [0.1, 0.15) is 5.75 Å². The fraction of sp³-hybridized carbons (Fsp3) is 0.625. The number of anilines is 1. The normalized spacial score (nSPS) is 12.2. The average molecular weight is 264 g/mol. The molecule has 1 unspecified atom stereocenters. The van der Waals surface area contributed by atoms with Gasteiger partial charge in [-0.2, -0.15) is 0 Å². The van der Waals surface area contributed by atoms with E-state index in [0.29, 0.717) is 6.04 Å². The lowest BCUT2D eigenvalue weighted by molar-refractivity contribution is 0.415. The van der Waals surface area contributed by atoms with Crippen molar-refractivity contribution in [2.45, 2.75) is 39.2 Å². The molecule has 0 radical (unpaired) electrons. The van der Waals surface area contributed by atoms with Crippen LogP contribution in [0.5, 0.6) is 5.75 Å². The summed E-state index contributed by atoms with van der Waals surface area (Å²) in [5.41, 5.74) is 1.25. The van der Waals surface area contributed by atoms with E-state index in [0.717, 1.165) is 18.8 Å². The maximum Gasteiger partial charge on any atom is 0.119 e. The first-order chi connectivity index (χ1) is 9.17. The third-order valence-corrected chi connectivity index (χ3v) is 3.39. The van der Waals surface area contributed by atoms with Crippen molar-refractivity contribution in [1.82, 2.24) is 5.32 Å². The SMILES string of the molecule is CCCNC(C)CCCN(C)c1ccc(OC)cc1. The quantitative estimate of drug-likeness (QED) is 0.740. The molecule has 0 saturated heterocycles. The summed E-state index contributed by atoms with van der Waals surface area (Å²) in [5, 5.41) is 3.53. The van der Waals surface area contributed by atoms with Crippen LogP contribution in [0.2, 0.25) is 0 Å². The summed E-state index contributed by atoms with van der Waals surface area (Å²) in [6.45, 7) is 6.68. The van der Waals surface area contributed by atoms with E-state index in [4.69, 9.17) is 4.74 Å². The first-order valence-electron chi connectivity index (χ1n) is 7.26. The Bertz CT molecular complexity index is 337. The van der Waals surface area contributed by atoms with Crippen LogP contribution in [-0.2, 0) is 0 Å². The van der Waals surface area contributed by atoms with Gasteiger partial charge in [0.15, 0.2) is 0 Å². The Balaban J connectivity index is 2.28. The molecule has 0 heterocycles. The molecule has 0 aromatic heterocycles. The second-order valence-corrected chi connectivity index (χ2v) is 5.12. The number of ether oxygens (including phenoxy) is 1.